The van der Waals surface area contributed by atoms with E-state index in [1.54, 1.807) is 12.1 Å². The van der Waals surface area contributed by atoms with Crippen molar-refractivity contribution in [2.24, 2.45) is 0 Å². The van der Waals surface area contributed by atoms with Crippen LogP contribution in [0, 0.1) is 12.7 Å². The maximum Gasteiger partial charge on any atom is 0.141 e. The van der Waals surface area contributed by atoms with Crippen LogP contribution < -0.4 is 11.1 Å². The van der Waals surface area contributed by atoms with Crippen LogP contribution in [0.3, 0.4) is 0 Å². The maximum absolute atomic E-state index is 13.0. The lowest BCUT2D eigenvalue weighted by molar-refractivity contribution is 0.628. The van der Waals surface area contributed by atoms with Gasteiger partial charge in [0.25, 0.3) is 0 Å². The van der Waals surface area contributed by atoms with E-state index in [1.165, 1.54) is 6.07 Å². The fourth-order valence-corrected chi connectivity index (χ4v) is 1.70. The van der Waals surface area contributed by atoms with Crippen LogP contribution in [0.2, 0.25) is 5.02 Å². The van der Waals surface area contributed by atoms with E-state index in [1.807, 2.05) is 25.1 Å². The predicted molar refractivity (Wildman–Crippen MR) is 70.3 cm³/mol. The van der Waals surface area contributed by atoms with Crippen molar-refractivity contribution in [2.45, 2.75) is 6.92 Å². The number of nitrogens with one attached hydrogen (secondary N) is 1. The van der Waals surface area contributed by atoms with Gasteiger partial charge in [-0.15, -0.1) is 0 Å². The van der Waals surface area contributed by atoms with Crippen molar-refractivity contribution >= 4 is 28.7 Å². The Morgan fingerprint density at radius 1 is 1.24 bits per heavy atom. The van der Waals surface area contributed by atoms with Gasteiger partial charge in [-0.25, -0.2) is 4.39 Å². The zero-order chi connectivity index (χ0) is 12.4. The molecule has 0 radical (unpaired) electrons. The first kappa shape index (κ1) is 11.7. The van der Waals surface area contributed by atoms with Crippen LogP contribution in [-0.2, 0) is 0 Å². The minimum Gasteiger partial charge on any atom is -0.398 e. The summed E-state index contributed by atoms with van der Waals surface area (Å²) in [5.74, 6) is -0.429. The highest BCUT2D eigenvalue weighted by Crippen LogP contribution is 2.26. The van der Waals surface area contributed by atoms with E-state index in [4.69, 9.17) is 17.3 Å². The summed E-state index contributed by atoms with van der Waals surface area (Å²) in [6.45, 7) is 1.92. The van der Waals surface area contributed by atoms with Gasteiger partial charge in [0.05, 0.1) is 5.02 Å². The average molecular weight is 251 g/mol. The van der Waals surface area contributed by atoms with Crippen LogP contribution in [0.15, 0.2) is 36.4 Å². The van der Waals surface area contributed by atoms with Gasteiger partial charge in [-0.3, -0.25) is 0 Å². The Morgan fingerprint density at radius 3 is 2.71 bits per heavy atom. The Labute approximate surface area is 104 Å². The predicted octanol–water partition coefficient (Wildman–Crippen LogP) is 4.11. The van der Waals surface area contributed by atoms with Crippen molar-refractivity contribution in [1.82, 2.24) is 0 Å². The van der Waals surface area contributed by atoms with E-state index < -0.39 is 5.82 Å². The lowest BCUT2D eigenvalue weighted by Gasteiger charge is -2.11. The Balaban J connectivity index is 2.31. The number of rotatable bonds is 2. The van der Waals surface area contributed by atoms with Crippen molar-refractivity contribution in [3.63, 3.8) is 0 Å². The molecule has 2 rings (SSSR count). The highest BCUT2D eigenvalue weighted by molar-refractivity contribution is 6.31. The molecular weight excluding hydrogens is 239 g/mol. The maximum atomic E-state index is 13.0. The van der Waals surface area contributed by atoms with Crippen LogP contribution in [0.1, 0.15) is 5.56 Å². The highest BCUT2D eigenvalue weighted by atomic mass is 35.5. The quantitative estimate of drug-likeness (QED) is 0.787. The van der Waals surface area contributed by atoms with Gasteiger partial charge >= 0.3 is 0 Å². The Morgan fingerprint density at radius 2 is 2.00 bits per heavy atom. The molecule has 0 aliphatic heterocycles. The zero-order valence-electron chi connectivity index (χ0n) is 9.30. The molecule has 0 bridgehead atoms. The van der Waals surface area contributed by atoms with Gasteiger partial charge in [-0.1, -0.05) is 17.7 Å². The van der Waals surface area contributed by atoms with Gasteiger partial charge in [-0.05, 0) is 42.8 Å². The van der Waals surface area contributed by atoms with Crippen molar-refractivity contribution < 1.29 is 4.39 Å². The second-order valence-corrected chi connectivity index (χ2v) is 4.18. The molecule has 17 heavy (non-hydrogen) atoms. The number of halogens is 2. The van der Waals surface area contributed by atoms with Gasteiger partial charge in [-0.2, -0.15) is 0 Å². The van der Waals surface area contributed by atoms with Crippen molar-refractivity contribution in [2.75, 3.05) is 11.1 Å². The molecule has 0 heterocycles. The fraction of sp³-hybridized carbons (Fsp3) is 0.0769. The van der Waals surface area contributed by atoms with E-state index in [9.17, 15) is 4.39 Å². The van der Waals surface area contributed by atoms with E-state index in [2.05, 4.69) is 5.32 Å². The molecule has 2 aromatic carbocycles. The van der Waals surface area contributed by atoms with Crippen molar-refractivity contribution in [1.29, 1.82) is 0 Å². The number of anilines is 3. The van der Waals surface area contributed by atoms with Gasteiger partial charge < -0.3 is 11.1 Å². The second-order valence-electron chi connectivity index (χ2n) is 3.77. The lowest BCUT2D eigenvalue weighted by atomic mass is 10.1. The van der Waals surface area contributed by atoms with Gasteiger partial charge in [0, 0.05) is 17.1 Å². The van der Waals surface area contributed by atoms with E-state index in [0.717, 1.165) is 16.9 Å². The average Bonchev–Trinajstić information content (AvgIpc) is 2.30. The molecule has 3 N–H and O–H groups in total. The third-order valence-corrected chi connectivity index (χ3v) is 2.86. The molecule has 0 spiro atoms. The lowest BCUT2D eigenvalue weighted by Crippen LogP contribution is -1.97. The SMILES string of the molecule is Cc1c(N)cccc1Nc1ccc(F)c(Cl)c1. The third kappa shape index (κ3) is 2.50. The number of nitrogen functional groups attached to an aromatic ring is 1. The second kappa shape index (κ2) is 4.63. The fourth-order valence-electron chi connectivity index (χ4n) is 1.52. The molecule has 2 nitrogen and oxygen atoms in total. The van der Waals surface area contributed by atoms with Crippen LogP contribution >= 0.6 is 11.6 Å². The molecule has 0 aliphatic rings. The summed E-state index contributed by atoms with van der Waals surface area (Å²) < 4.78 is 13.0. The largest absolute Gasteiger partial charge is 0.398 e. The van der Waals surface area contributed by atoms with Crippen molar-refractivity contribution in [3.05, 3.63) is 52.8 Å². The molecule has 0 atom stereocenters. The van der Waals surface area contributed by atoms with Crippen LogP contribution in [0.5, 0.6) is 0 Å². The summed E-state index contributed by atoms with van der Waals surface area (Å²) in [4.78, 5) is 0. The molecule has 88 valence electrons. The molecule has 0 aliphatic carbocycles. The topological polar surface area (TPSA) is 38.0 Å². The molecule has 0 aromatic heterocycles. The first-order chi connectivity index (χ1) is 8.08. The first-order valence-corrected chi connectivity index (χ1v) is 5.53. The normalized spacial score (nSPS) is 10.3. The van der Waals surface area contributed by atoms with Crippen LogP contribution in [0.4, 0.5) is 21.5 Å². The summed E-state index contributed by atoms with van der Waals surface area (Å²) in [6, 6.07) is 10.1. The van der Waals surface area contributed by atoms with Gasteiger partial charge in [0.15, 0.2) is 0 Å². The van der Waals surface area contributed by atoms with E-state index in [0.29, 0.717) is 5.69 Å². The van der Waals surface area contributed by atoms with E-state index >= 15 is 0 Å². The molecule has 0 saturated carbocycles. The molecule has 0 fully saturated rings. The number of benzene rings is 2. The smallest absolute Gasteiger partial charge is 0.141 e. The Hall–Kier alpha value is -1.74. The van der Waals surface area contributed by atoms with Crippen LogP contribution in [0.25, 0.3) is 0 Å². The summed E-state index contributed by atoms with van der Waals surface area (Å²) in [5, 5.41) is 3.24. The van der Waals surface area contributed by atoms with E-state index in [-0.39, 0.29) is 5.02 Å². The summed E-state index contributed by atoms with van der Waals surface area (Å²) in [6.07, 6.45) is 0. The Kier molecular flexibility index (Phi) is 3.20. The molecule has 0 amide bonds. The minimum absolute atomic E-state index is 0.0940. The number of hydrogen-bond donors (Lipinski definition) is 2. The molecule has 0 saturated heterocycles. The number of hydrogen-bond acceptors (Lipinski definition) is 2. The number of nitrogens with two attached hydrogens (primary N) is 1. The standard InChI is InChI=1S/C13H12ClFN2/c1-8-12(16)3-2-4-13(8)17-9-5-6-11(15)10(14)7-9/h2-7,17H,16H2,1H3. The van der Waals surface area contributed by atoms with Gasteiger partial charge in [0.1, 0.15) is 5.82 Å². The summed E-state index contributed by atoms with van der Waals surface area (Å²) >= 11 is 5.71. The van der Waals surface area contributed by atoms with Crippen molar-refractivity contribution in [3.8, 4) is 0 Å². The Bertz CT molecular complexity index is 555. The van der Waals surface area contributed by atoms with Gasteiger partial charge in [0.2, 0.25) is 0 Å². The minimum atomic E-state index is -0.429. The molecular formula is C13H12ClFN2. The third-order valence-electron chi connectivity index (χ3n) is 2.57. The summed E-state index contributed by atoms with van der Waals surface area (Å²) in [7, 11) is 0. The monoisotopic (exact) mass is 250 g/mol. The summed E-state index contributed by atoms with van der Waals surface area (Å²) in [5.41, 5.74) is 9.07. The first-order valence-electron chi connectivity index (χ1n) is 5.15. The molecule has 0 unspecified atom stereocenters. The molecule has 2 aromatic rings. The highest BCUT2D eigenvalue weighted by Gasteiger charge is 2.04. The zero-order valence-corrected chi connectivity index (χ0v) is 10.1. The van der Waals surface area contributed by atoms with Crippen LogP contribution in [-0.4, -0.2) is 0 Å². The molecule has 4 heteroatoms.